The van der Waals surface area contributed by atoms with Crippen LogP contribution in [0.15, 0.2) is 49.7 Å². The summed E-state index contributed by atoms with van der Waals surface area (Å²) in [5.41, 5.74) is 0.983. The van der Waals surface area contributed by atoms with Gasteiger partial charge in [-0.3, -0.25) is 9.78 Å². The molecule has 0 unspecified atom stereocenters. The number of amides is 1. The molecule has 0 atom stereocenters. The summed E-state index contributed by atoms with van der Waals surface area (Å²) in [5.74, 6) is 0.412. The van der Waals surface area contributed by atoms with Gasteiger partial charge in [-0.1, -0.05) is 35.9 Å². The van der Waals surface area contributed by atoms with Crippen molar-refractivity contribution in [1.82, 2.24) is 9.88 Å². The van der Waals surface area contributed by atoms with E-state index in [4.69, 9.17) is 16.3 Å². The number of nitrogens with zero attached hydrogens (tertiary/aromatic N) is 2. The van der Waals surface area contributed by atoms with E-state index in [1.165, 1.54) is 6.20 Å². The average Bonchev–Trinajstić information content (AvgIpc) is 2.54. The lowest BCUT2D eigenvalue weighted by molar-refractivity contribution is 0.0791. The van der Waals surface area contributed by atoms with Crippen molar-refractivity contribution in [2.45, 2.75) is 0 Å². The summed E-state index contributed by atoms with van der Waals surface area (Å²) in [4.78, 5) is 18.5. The van der Waals surface area contributed by atoms with Gasteiger partial charge in [-0.25, -0.2) is 0 Å². The van der Waals surface area contributed by atoms with Crippen molar-refractivity contribution in [3.63, 3.8) is 0 Å². The van der Waals surface area contributed by atoms with Crippen LogP contribution in [-0.4, -0.2) is 36.0 Å². The number of pyridine rings is 1. The number of rotatable bonds is 6. The number of carbonyl (C=O) groups excluding carboxylic acids is 1. The highest BCUT2D eigenvalue weighted by atomic mass is 35.5. The minimum atomic E-state index is -0.206. The van der Waals surface area contributed by atoms with Crippen molar-refractivity contribution < 1.29 is 9.53 Å². The van der Waals surface area contributed by atoms with Gasteiger partial charge in [-0.05, 0) is 6.07 Å². The summed E-state index contributed by atoms with van der Waals surface area (Å²) < 4.78 is 5.26. The first-order valence-corrected chi connectivity index (χ1v) is 7.14. The summed E-state index contributed by atoms with van der Waals surface area (Å²) in [6.45, 7) is 8.15. The lowest BCUT2D eigenvalue weighted by Gasteiger charge is -2.20. The number of methoxy groups -OCH3 is 1. The topological polar surface area (TPSA) is 42.4 Å². The minimum Gasteiger partial charge on any atom is -0.494 e. The first kappa shape index (κ1) is 16.0. The van der Waals surface area contributed by atoms with E-state index in [-0.39, 0.29) is 5.91 Å². The normalized spacial score (nSPS) is 10.3. The minimum absolute atomic E-state index is 0.206. The maximum atomic E-state index is 12.6. The molecule has 1 heterocycles. The van der Waals surface area contributed by atoms with Crippen LogP contribution >= 0.6 is 11.6 Å². The van der Waals surface area contributed by atoms with E-state index in [9.17, 15) is 4.79 Å². The lowest BCUT2D eigenvalue weighted by Crippen LogP contribution is -2.31. The van der Waals surface area contributed by atoms with E-state index in [1.807, 2.05) is 12.1 Å². The Balaban J connectivity index is 2.52. The Morgan fingerprint density at radius 3 is 2.64 bits per heavy atom. The standard InChI is InChI=1S/C17H17ClN2O2/c1-4-9-20(10-5-2)17(21)13-11-19-16-12(15(13)18)7-6-8-14(16)22-3/h4-8,11H,1-2,9-10H2,3H3. The number of carbonyl (C=O) groups is 1. The third-order valence-corrected chi connectivity index (χ3v) is 3.64. The summed E-state index contributed by atoms with van der Waals surface area (Å²) in [5, 5.41) is 1.05. The molecule has 0 radical (unpaired) electrons. The zero-order valence-corrected chi connectivity index (χ0v) is 13.1. The third-order valence-electron chi connectivity index (χ3n) is 3.23. The molecule has 0 aliphatic rings. The van der Waals surface area contributed by atoms with Gasteiger partial charge in [-0.2, -0.15) is 0 Å². The molecular weight excluding hydrogens is 300 g/mol. The first-order chi connectivity index (χ1) is 10.6. The molecule has 0 saturated carbocycles. The Bertz CT molecular complexity index is 718. The Kier molecular flexibility index (Phi) is 5.17. The van der Waals surface area contributed by atoms with Gasteiger partial charge in [-0.15, -0.1) is 13.2 Å². The molecule has 1 amide bonds. The van der Waals surface area contributed by atoms with Crippen LogP contribution in [0.4, 0.5) is 0 Å². The van der Waals surface area contributed by atoms with E-state index in [0.717, 1.165) is 0 Å². The molecule has 0 fully saturated rings. The number of hydrogen-bond donors (Lipinski definition) is 0. The van der Waals surface area contributed by atoms with Gasteiger partial charge in [0.1, 0.15) is 11.3 Å². The zero-order valence-electron chi connectivity index (χ0n) is 12.4. The highest BCUT2D eigenvalue weighted by Crippen LogP contribution is 2.31. The zero-order chi connectivity index (χ0) is 16.1. The number of hydrogen-bond acceptors (Lipinski definition) is 3. The number of aromatic nitrogens is 1. The molecule has 1 aromatic carbocycles. The lowest BCUT2D eigenvalue weighted by atomic mass is 10.1. The largest absolute Gasteiger partial charge is 0.494 e. The van der Waals surface area contributed by atoms with Gasteiger partial charge in [0, 0.05) is 24.7 Å². The maximum Gasteiger partial charge on any atom is 0.257 e. The first-order valence-electron chi connectivity index (χ1n) is 6.76. The van der Waals surface area contributed by atoms with Gasteiger partial charge in [0.2, 0.25) is 0 Å². The highest BCUT2D eigenvalue weighted by molar-refractivity contribution is 6.38. The number of fused-ring (bicyclic) bond motifs is 1. The predicted octanol–water partition coefficient (Wildman–Crippen LogP) is 3.71. The number of ether oxygens (including phenoxy) is 1. The Labute approximate surface area is 134 Å². The van der Waals surface area contributed by atoms with Gasteiger partial charge in [0.15, 0.2) is 0 Å². The van der Waals surface area contributed by atoms with E-state index >= 15 is 0 Å². The van der Waals surface area contributed by atoms with Gasteiger partial charge < -0.3 is 9.64 Å². The Morgan fingerprint density at radius 2 is 2.05 bits per heavy atom. The molecule has 22 heavy (non-hydrogen) atoms. The summed E-state index contributed by atoms with van der Waals surface area (Å²) in [7, 11) is 1.57. The summed E-state index contributed by atoms with van der Waals surface area (Å²) in [6, 6.07) is 5.43. The number of benzene rings is 1. The maximum absolute atomic E-state index is 12.6. The fourth-order valence-electron chi connectivity index (χ4n) is 2.20. The fraction of sp³-hybridized carbons (Fsp3) is 0.176. The van der Waals surface area contributed by atoms with Crippen LogP contribution in [0.25, 0.3) is 10.9 Å². The van der Waals surface area contributed by atoms with Crippen LogP contribution in [0.1, 0.15) is 10.4 Å². The van der Waals surface area contributed by atoms with Crippen LogP contribution in [0.3, 0.4) is 0 Å². The molecule has 0 bridgehead atoms. The molecule has 2 rings (SSSR count). The van der Waals surface area contributed by atoms with E-state index in [0.29, 0.717) is 40.3 Å². The molecule has 0 aliphatic heterocycles. The van der Waals surface area contributed by atoms with Crippen LogP contribution in [0.5, 0.6) is 5.75 Å². The van der Waals surface area contributed by atoms with Crippen LogP contribution in [-0.2, 0) is 0 Å². The Hall–Kier alpha value is -2.33. The quantitative estimate of drug-likeness (QED) is 0.763. The molecular formula is C17H17ClN2O2. The van der Waals surface area contributed by atoms with E-state index in [1.54, 1.807) is 30.2 Å². The molecule has 0 saturated heterocycles. The average molecular weight is 317 g/mol. The van der Waals surface area contributed by atoms with Crippen molar-refractivity contribution in [3.8, 4) is 5.75 Å². The van der Waals surface area contributed by atoms with Crippen LogP contribution in [0.2, 0.25) is 5.02 Å². The Morgan fingerprint density at radius 1 is 1.36 bits per heavy atom. The van der Waals surface area contributed by atoms with Crippen molar-refractivity contribution in [2.24, 2.45) is 0 Å². The summed E-state index contributed by atoms with van der Waals surface area (Å²) >= 11 is 6.42. The van der Waals surface area contributed by atoms with Crippen LogP contribution < -0.4 is 4.74 Å². The van der Waals surface area contributed by atoms with Crippen molar-refractivity contribution in [1.29, 1.82) is 0 Å². The van der Waals surface area contributed by atoms with E-state index < -0.39 is 0 Å². The predicted molar refractivity (Wildman–Crippen MR) is 89.6 cm³/mol. The second kappa shape index (κ2) is 7.09. The number of para-hydroxylation sites is 1. The monoisotopic (exact) mass is 316 g/mol. The molecule has 1 aromatic heterocycles. The van der Waals surface area contributed by atoms with Gasteiger partial charge >= 0.3 is 0 Å². The summed E-state index contributed by atoms with van der Waals surface area (Å²) in [6.07, 6.45) is 4.80. The second-order valence-corrected chi connectivity index (χ2v) is 5.01. The molecule has 2 aromatic rings. The molecule has 0 N–H and O–H groups in total. The van der Waals surface area contributed by atoms with Crippen LogP contribution in [0, 0.1) is 0 Å². The molecule has 0 spiro atoms. The fourth-order valence-corrected chi connectivity index (χ4v) is 2.48. The molecule has 4 nitrogen and oxygen atoms in total. The van der Waals surface area contributed by atoms with Gasteiger partial charge in [0.05, 0.1) is 17.7 Å². The van der Waals surface area contributed by atoms with Crippen molar-refractivity contribution in [2.75, 3.05) is 20.2 Å². The SMILES string of the molecule is C=CCN(CC=C)C(=O)c1cnc2c(OC)cccc2c1Cl. The molecule has 0 aliphatic carbocycles. The number of halogens is 1. The molecule has 5 heteroatoms. The highest BCUT2D eigenvalue weighted by Gasteiger charge is 2.19. The smallest absolute Gasteiger partial charge is 0.257 e. The van der Waals surface area contributed by atoms with Crippen molar-refractivity contribution >= 4 is 28.4 Å². The molecule has 114 valence electrons. The van der Waals surface area contributed by atoms with Crippen molar-refractivity contribution in [3.05, 3.63) is 60.3 Å². The second-order valence-electron chi connectivity index (χ2n) is 4.63. The third kappa shape index (κ3) is 2.97. The van der Waals surface area contributed by atoms with Gasteiger partial charge in [0.25, 0.3) is 5.91 Å². The van der Waals surface area contributed by atoms with E-state index in [2.05, 4.69) is 18.1 Å².